The maximum atomic E-state index is 2.51. The van der Waals surface area contributed by atoms with Crippen LogP contribution in [0, 0.1) is 0 Å². The van der Waals surface area contributed by atoms with Crippen molar-refractivity contribution in [2.24, 2.45) is 0 Å². The summed E-state index contributed by atoms with van der Waals surface area (Å²) in [4.78, 5) is 2.49. The molecule has 0 aliphatic heterocycles. The van der Waals surface area contributed by atoms with E-state index in [0.717, 1.165) is 17.1 Å². The van der Waals surface area contributed by atoms with Crippen molar-refractivity contribution >= 4 is 48.6 Å². The Bertz CT molecular complexity index is 3580. The van der Waals surface area contributed by atoms with Gasteiger partial charge in [0, 0.05) is 37.2 Å². The van der Waals surface area contributed by atoms with E-state index in [0.29, 0.717) is 0 Å². The van der Waals surface area contributed by atoms with E-state index in [1.165, 1.54) is 98.1 Å². The number of nitrogens with zero attached hydrogens (tertiary/aromatic N) is 1. The van der Waals surface area contributed by atoms with Gasteiger partial charge in [0.15, 0.2) is 0 Å². The second kappa shape index (κ2) is 13.4. The summed E-state index contributed by atoms with van der Waals surface area (Å²) < 4.78 is 2.59. The molecular formula is C62H39NS. The maximum absolute atomic E-state index is 2.51. The molecule has 1 heterocycles. The van der Waals surface area contributed by atoms with Crippen LogP contribution < -0.4 is 4.90 Å². The number of hydrogen-bond donors (Lipinski definition) is 0. The van der Waals surface area contributed by atoms with Gasteiger partial charge in [-0.05, 0) is 120 Å². The summed E-state index contributed by atoms with van der Waals surface area (Å²) in [6, 6.07) is 88.9. The van der Waals surface area contributed by atoms with E-state index in [4.69, 9.17) is 0 Å². The minimum Gasteiger partial charge on any atom is -0.310 e. The number of hydrogen-bond acceptors (Lipinski definition) is 2. The first-order chi connectivity index (χ1) is 31.7. The van der Waals surface area contributed by atoms with Crippen molar-refractivity contribution < 1.29 is 0 Å². The van der Waals surface area contributed by atoms with E-state index in [2.05, 4.69) is 241 Å². The highest BCUT2D eigenvalue weighted by Gasteiger charge is 2.52. The van der Waals surface area contributed by atoms with Crippen molar-refractivity contribution in [3.05, 3.63) is 281 Å². The summed E-state index contributed by atoms with van der Waals surface area (Å²) in [5.74, 6) is 0. The number of anilines is 3. The average molecular weight is 830 g/mol. The Hall–Kier alpha value is -7.78. The molecule has 0 atom stereocenters. The molecule has 0 bridgehead atoms. The molecule has 0 radical (unpaired) electrons. The van der Waals surface area contributed by atoms with Crippen molar-refractivity contribution in [1.29, 1.82) is 0 Å². The molecule has 64 heavy (non-hydrogen) atoms. The van der Waals surface area contributed by atoms with Gasteiger partial charge >= 0.3 is 0 Å². The molecular weight excluding hydrogens is 791 g/mol. The summed E-state index contributed by atoms with van der Waals surface area (Å²) in [6.45, 7) is 0. The van der Waals surface area contributed by atoms with Gasteiger partial charge in [0.25, 0.3) is 0 Å². The molecule has 1 spiro atoms. The monoisotopic (exact) mass is 829 g/mol. The van der Waals surface area contributed by atoms with Crippen LogP contribution in [-0.4, -0.2) is 0 Å². The van der Waals surface area contributed by atoms with Crippen LogP contribution in [0.25, 0.3) is 53.6 Å². The van der Waals surface area contributed by atoms with E-state index in [9.17, 15) is 0 Å². The molecule has 0 fully saturated rings. The number of fused-ring (bicyclic) bond motifs is 16. The Morgan fingerprint density at radius 1 is 0.266 bits per heavy atom. The SMILES string of the molecule is c1ccc(C2(c3ccc(N(c4ccc5c(c4)C4(c6ccccc6-c6ccccc64)c4ccccc4-5)c4ccc5c(c4)sc4ccccc45)cc3)c3ccccc3-c3ccccc32)cc1. The van der Waals surface area contributed by atoms with Gasteiger partial charge in [-0.3, -0.25) is 0 Å². The molecule has 0 N–H and O–H groups in total. The highest BCUT2D eigenvalue weighted by atomic mass is 32.1. The van der Waals surface area contributed by atoms with Crippen LogP contribution in [0.3, 0.4) is 0 Å². The molecule has 11 aromatic rings. The van der Waals surface area contributed by atoms with Crippen LogP contribution in [0.1, 0.15) is 44.5 Å². The highest BCUT2D eigenvalue weighted by Crippen LogP contribution is 2.63. The third-order valence-electron chi connectivity index (χ3n) is 14.6. The largest absolute Gasteiger partial charge is 0.310 e. The Morgan fingerprint density at radius 3 is 1.25 bits per heavy atom. The first-order valence-corrected chi connectivity index (χ1v) is 23.1. The predicted molar refractivity (Wildman–Crippen MR) is 268 cm³/mol. The summed E-state index contributed by atoms with van der Waals surface area (Å²) >= 11 is 1.87. The molecule has 3 aliphatic rings. The molecule has 2 heteroatoms. The molecule has 14 rings (SSSR count). The normalized spacial score (nSPS) is 14.2. The minimum atomic E-state index is -0.469. The van der Waals surface area contributed by atoms with Gasteiger partial charge in [-0.25, -0.2) is 0 Å². The summed E-state index contributed by atoms with van der Waals surface area (Å²) in [5.41, 5.74) is 20.9. The van der Waals surface area contributed by atoms with Gasteiger partial charge in [0.1, 0.15) is 0 Å². The van der Waals surface area contributed by atoms with E-state index in [-0.39, 0.29) is 0 Å². The van der Waals surface area contributed by atoms with Crippen LogP contribution in [0.2, 0.25) is 0 Å². The third kappa shape index (κ3) is 4.63. The smallest absolute Gasteiger partial charge is 0.0726 e. The topological polar surface area (TPSA) is 3.24 Å². The Morgan fingerprint density at radius 2 is 0.672 bits per heavy atom. The Kier molecular flexibility index (Phi) is 7.47. The lowest BCUT2D eigenvalue weighted by Crippen LogP contribution is -2.28. The van der Waals surface area contributed by atoms with Crippen molar-refractivity contribution in [2.45, 2.75) is 10.8 Å². The molecule has 10 aromatic carbocycles. The standard InChI is InChI=1S/C62H39NS/c1-2-16-40(17-3-1)61(53-24-10-4-18-45(53)46-19-5-11-25-54(46)61)41-30-32-42(33-31-41)63(44-35-37-52-51-23-9-15-29-59(51)64-60(52)39-44)43-34-36-50-49-22-8-14-28-57(49)62(58(50)38-43)55-26-12-6-20-47(55)48-21-7-13-27-56(48)62/h1-39H. The van der Waals surface area contributed by atoms with Crippen LogP contribution in [0.4, 0.5) is 17.1 Å². The molecule has 0 saturated heterocycles. The third-order valence-corrected chi connectivity index (χ3v) is 15.7. The second-order valence-electron chi connectivity index (χ2n) is 17.5. The first-order valence-electron chi connectivity index (χ1n) is 22.3. The lowest BCUT2D eigenvalue weighted by atomic mass is 9.67. The Labute approximate surface area is 376 Å². The summed E-state index contributed by atoms with van der Waals surface area (Å²) in [6.07, 6.45) is 0. The number of thiophene rings is 1. The highest BCUT2D eigenvalue weighted by molar-refractivity contribution is 7.25. The quantitative estimate of drug-likeness (QED) is 0.167. The summed E-state index contributed by atoms with van der Waals surface area (Å²) in [5, 5.41) is 2.61. The van der Waals surface area contributed by atoms with Gasteiger partial charge < -0.3 is 4.90 Å². The van der Waals surface area contributed by atoms with Crippen LogP contribution in [0.15, 0.2) is 237 Å². The lowest BCUT2D eigenvalue weighted by molar-refractivity contribution is 0.768. The van der Waals surface area contributed by atoms with Gasteiger partial charge in [0.05, 0.1) is 10.8 Å². The van der Waals surface area contributed by atoms with E-state index in [1.54, 1.807) is 0 Å². The summed E-state index contributed by atoms with van der Waals surface area (Å²) in [7, 11) is 0. The van der Waals surface area contributed by atoms with Gasteiger partial charge in [-0.15, -0.1) is 11.3 Å². The van der Waals surface area contributed by atoms with Gasteiger partial charge in [-0.2, -0.15) is 0 Å². The molecule has 3 aliphatic carbocycles. The van der Waals surface area contributed by atoms with Crippen LogP contribution >= 0.6 is 11.3 Å². The van der Waals surface area contributed by atoms with E-state index in [1.807, 2.05) is 11.3 Å². The van der Waals surface area contributed by atoms with Crippen molar-refractivity contribution in [3.8, 4) is 33.4 Å². The maximum Gasteiger partial charge on any atom is 0.0726 e. The Balaban J connectivity index is 1.01. The average Bonchev–Trinajstić information content (AvgIpc) is 4.07. The fourth-order valence-corrected chi connectivity index (χ4v) is 13.2. The van der Waals surface area contributed by atoms with Crippen LogP contribution in [0.5, 0.6) is 0 Å². The van der Waals surface area contributed by atoms with Crippen LogP contribution in [-0.2, 0) is 10.8 Å². The zero-order valence-corrected chi connectivity index (χ0v) is 35.7. The lowest BCUT2D eigenvalue weighted by Gasteiger charge is -2.35. The number of benzene rings is 10. The minimum absolute atomic E-state index is 0.439. The zero-order valence-electron chi connectivity index (χ0n) is 34.9. The van der Waals surface area contributed by atoms with Crippen molar-refractivity contribution in [2.75, 3.05) is 4.90 Å². The zero-order chi connectivity index (χ0) is 42.0. The fourth-order valence-electron chi connectivity index (χ4n) is 12.1. The van der Waals surface area contributed by atoms with E-state index >= 15 is 0 Å². The second-order valence-corrected chi connectivity index (χ2v) is 18.6. The van der Waals surface area contributed by atoms with Gasteiger partial charge in [-0.1, -0.05) is 194 Å². The molecule has 0 saturated carbocycles. The molecule has 1 nitrogen and oxygen atoms in total. The van der Waals surface area contributed by atoms with Crippen molar-refractivity contribution in [3.63, 3.8) is 0 Å². The molecule has 298 valence electrons. The molecule has 0 unspecified atom stereocenters. The molecule has 1 aromatic heterocycles. The fraction of sp³-hybridized carbons (Fsp3) is 0.0323. The first kappa shape index (κ1) is 35.8. The van der Waals surface area contributed by atoms with Gasteiger partial charge in [0.2, 0.25) is 0 Å². The number of rotatable bonds is 5. The molecule has 0 amide bonds. The predicted octanol–water partition coefficient (Wildman–Crippen LogP) is 16.2. The van der Waals surface area contributed by atoms with E-state index < -0.39 is 10.8 Å². The van der Waals surface area contributed by atoms with Crippen molar-refractivity contribution in [1.82, 2.24) is 0 Å².